The highest BCUT2D eigenvalue weighted by molar-refractivity contribution is 6.86. The molecule has 16 aromatic carbocycles. The molecule has 0 radical (unpaired) electrons. The predicted octanol–water partition coefficient (Wildman–Crippen LogP) is 25.0. The fourth-order valence-electron chi connectivity index (χ4n) is 25.2. The Morgan fingerprint density at radius 3 is 1.05 bits per heavy atom. The van der Waals surface area contributed by atoms with Gasteiger partial charge in [-0.2, -0.15) is 0 Å². The number of hydrogen-bond acceptors (Lipinski definition) is 10. The van der Waals surface area contributed by atoms with Crippen LogP contribution in [0.15, 0.2) is 429 Å². The Morgan fingerprint density at radius 2 is 0.515 bits per heavy atom. The molecule has 0 saturated carbocycles. The van der Waals surface area contributed by atoms with Gasteiger partial charge >= 0.3 is 34.9 Å². The van der Waals surface area contributed by atoms with E-state index in [1.165, 1.54) is 215 Å². The smallest absolute Gasteiger partial charge is 0.459 e. The largest absolute Gasteiger partial charge is 0.474 e. The van der Waals surface area contributed by atoms with Gasteiger partial charge in [0.1, 0.15) is 17.0 Å². The molecule has 0 aliphatic carbocycles. The number of anilines is 10. The van der Waals surface area contributed by atoms with E-state index < -0.39 is 0 Å². The first-order valence-corrected chi connectivity index (χ1v) is 46.0. The summed E-state index contributed by atoms with van der Waals surface area (Å²) in [6.45, 7) is 0.378. The predicted molar refractivity (Wildman–Crippen MR) is 550 cm³/mol. The van der Waals surface area contributed by atoms with E-state index in [0.29, 0.717) is 0 Å². The van der Waals surface area contributed by atoms with Gasteiger partial charge in [0.05, 0.1) is 92.3 Å². The molecule has 0 fully saturated rings. The second kappa shape index (κ2) is 26.2. The minimum Gasteiger partial charge on any atom is -0.474 e. The van der Waals surface area contributed by atoms with E-state index in [0.717, 1.165) is 45.8 Å². The molecule has 15 nitrogen and oxygen atoms in total. The second-order valence-electron chi connectivity index (χ2n) is 36.3. The van der Waals surface area contributed by atoms with Crippen molar-refractivity contribution in [2.45, 2.75) is 0 Å². The highest BCUT2D eigenvalue weighted by atomic mass is 16.4. The molecular formula is C114H67B5N10O5. The normalized spacial score (nSPS) is 14.0. The molecule has 618 valence electrons. The fourth-order valence-corrected chi connectivity index (χ4v) is 25.2. The van der Waals surface area contributed by atoms with Gasteiger partial charge in [0.2, 0.25) is 0 Å². The molecule has 26 aromatic rings. The molecule has 0 atom stereocenters. The minimum absolute atomic E-state index is 0.0229. The molecule has 0 saturated heterocycles. The van der Waals surface area contributed by atoms with Crippen molar-refractivity contribution < 1.29 is 22.1 Å². The van der Waals surface area contributed by atoms with Crippen molar-refractivity contribution in [1.29, 1.82) is 0 Å². The highest BCUT2D eigenvalue weighted by Gasteiger charge is 2.53. The summed E-state index contributed by atoms with van der Waals surface area (Å²) in [6, 6.07) is 137. The zero-order valence-electron chi connectivity index (χ0n) is 71.6. The SMILES string of the molecule is c1ccc2c(c1)-c1ccoc1B1N2c2cccc3c4ccccc4n1c23.c1ccc2c(c1)-c1occc1B1N2c2cccc3c4ccccc4n1c23.c1ccc2c(c1)B1N(c3ccoc3-2)c2cccc3c4ccccc4n1c23.c1ccc2c(c1)B1N(c3oc4ccccc4c3-2)c2cccc3c4ccccc4n1c23.c1ccc2c(c1)B1N(c3occc3-2)c2cccc3c4ccccc4n1c23. The number of furan rings is 5. The molecule has 20 heterocycles. The van der Waals surface area contributed by atoms with Gasteiger partial charge < -0.3 is 68.5 Å². The summed E-state index contributed by atoms with van der Waals surface area (Å²) < 4.78 is 42.8. The number of benzene rings is 16. The Bertz CT molecular complexity index is 9240. The van der Waals surface area contributed by atoms with Crippen molar-refractivity contribution in [2.75, 3.05) is 24.1 Å². The van der Waals surface area contributed by atoms with Crippen LogP contribution in [0.2, 0.25) is 0 Å². The van der Waals surface area contributed by atoms with Crippen molar-refractivity contribution in [2.24, 2.45) is 0 Å². The maximum Gasteiger partial charge on any atom is 0.459 e. The van der Waals surface area contributed by atoms with Gasteiger partial charge in [0, 0.05) is 131 Å². The third-order valence-corrected chi connectivity index (χ3v) is 30.1. The molecule has 0 unspecified atom stereocenters. The Morgan fingerprint density at radius 1 is 0.179 bits per heavy atom. The first-order chi connectivity index (χ1) is 66.6. The van der Waals surface area contributed by atoms with Crippen LogP contribution < -0.4 is 51.6 Å². The Kier molecular flexibility index (Phi) is 14.0. The van der Waals surface area contributed by atoms with Gasteiger partial charge in [-0.05, 0) is 137 Å². The molecule has 10 aliphatic rings. The van der Waals surface area contributed by atoms with Gasteiger partial charge in [0.25, 0.3) is 0 Å². The van der Waals surface area contributed by atoms with E-state index in [1.807, 2.05) is 18.6 Å². The lowest BCUT2D eigenvalue weighted by Crippen LogP contribution is -2.51. The van der Waals surface area contributed by atoms with Crippen molar-refractivity contribution in [3.8, 4) is 56.0 Å². The monoisotopic (exact) mass is 1710 g/mol. The van der Waals surface area contributed by atoms with E-state index >= 15 is 0 Å². The standard InChI is InChI=1S/C26H15BN2O.4C22H13BN2O/c1-4-12-20-18(9-1)24-19-10-3-6-15-23(19)30-26(24)29-22-14-7-11-17-16-8-2-5-13-21(16)28(25(17)22)27(20)29;1-4-10-19-14(6-1)16-8-5-11-20-21(16)25(19)23-22-17(12-13-26-22)15-7-2-3-9-18(15)24(20)23;1-3-9-17-16(7-1)22-20(12-13-26-22)24-19-11-5-8-15-14-6-2-4-10-18(14)25(21(15)19)23(17)24;1-3-9-18-14(6-1)15-8-5-11-20-21(15)25(18)23-17-12-13-26-22(17)16-7-2-4-10-19(16)24(20)23;1-3-9-18-14(6-1)17-12-13-26-22(17)25-20-11-5-8-16-15-7-2-4-10-19(15)24(21(16)20)23(18)25/h1-15H;4*1-13H. The summed E-state index contributed by atoms with van der Waals surface area (Å²) in [5, 5.41) is 14.3. The third-order valence-electron chi connectivity index (χ3n) is 30.1. The molecule has 0 bridgehead atoms. The highest BCUT2D eigenvalue weighted by Crippen LogP contribution is 2.57. The maximum atomic E-state index is 6.52. The topological polar surface area (TPSA) is 107 Å². The molecule has 0 N–H and O–H groups in total. The molecule has 36 rings (SSSR count). The lowest BCUT2D eigenvalue weighted by atomic mass is 9.61. The average Bonchev–Trinajstić information content (AvgIpc) is 1.52. The average molecular weight is 1710 g/mol. The zero-order chi connectivity index (χ0) is 86.7. The summed E-state index contributed by atoms with van der Waals surface area (Å²) in [5.74, 6) is 3.83. The number of rotatable bonds is 0. The second-order valence-corrected chi connectivity index (χ2v) is 36.3. The third kappa shape index (κ3) is 8.97. The van der Waals surface area contributed by atoms with Crippen LogP contribution in [0, 0.1) is 0 Å². The number of aromatic nitrogens is 5. The Hall–Kier alpha value is -17.5. The first kappa shape index (κ1) is 71.4. The van der Waals surface area contributed by atoms with E-state index in [-0.39, 0.29) is 34.9 Å². The van der Waals surface area contributed by atoms with Crippen molar-refractivity contribution in [1.82, 2.24) is 22.4 Å². The molecule has 10 aliphatic heterocycles. The molecule has 10 aromatic heterocycles. The van der Waals surface area contributed by atoms with Crippen molar-refractivity contribution >= 4 is 240 Å². The summed E-state index contributed by atoms with van der Waals surface area (Å²) in [7, 11) is 0. The van der Waals surface area contributed by atoms with Crippen LogP contribution in [-0.2, 0) is 0 Å². The van der Waals surface area contributed by atoms with Crippen LogP contribution in [0.5, 0.6) is 0 Å². The summed E-state index contributed by atoms with van der Waals surface area (Å²) in [4.78, 5) is 12.1. The van der Waals surface area contributed by atoms with Gasteiger partial charge in [-0.3, -0.25) is 0 Å². The Labute approximate surface area is 766 Å². The van der Waals surface area contributed by atoms with E-state index in [4.69, 9.17) is 22.1 Å². The quantitative estimate of drug-likeness (QED) is 0.136. The van der Waals surface area contributed by atoms with Gasteiger partial charge in [0.15, 0.2) is 17.5 Å². The summed E-state index contributed by atoms with van der Waals surface area (Å²) in [6.07, 6.45) is 7.24. The van der Waals surface area contributed by atoms with Crippen LogP contribution in [-0.4, -0.2) is 57.3 Å². The molecule has 0 amide bonds. The van der Waals surface area contributed by atoms with E-state index in [1.54, 1.807) is 12.5 Å². The summed E-state index contributed by atoms with van der Waals surface area (Å²) in [5.41, 5.74) is 39.4. The number of para-hydroxylation sites is 13. The lowest BCUT2D eigenvalue weighted by molar-refractivity contribution is 0.577. The minimum atomic E-state index is 0.0229. The number of hydrogen-bond donors (Lipinski definition) is 0. The van der Waals surface area contributed by atoms with Crippen molar-refractivity contribution in [3.05, 3.63) is 407 Å². The van der Waals surface area contributed by atoms with E-state index in [9.17, 15) is 0 Å². The lowest BCUT2D eigenvalue weighted by Gasteiger charge is -2.32. The van der Waals surface area contributed by atoms with Gasteiger partial charge in [-0.1, -0.05) is 273 Å². The number of fused-ring (bicyclic) bond motifs is 57. The van der Waals surface area contributed by atoms with Crippen LogP contribution in [0.3, 0.4) is 0 Å². The zero-order valence-corrected chi connectivity index (χ0v) is 71.6. The summed E-state index contributed by atoms with van der Waals surface area (Å²) >= 11 is 0. The van der Waals surface area contributed by atoms with E-state index in [2.05, 4.69) is 423 Å². The van der Waals surface area contributed by atoms with Gasteiger partial charge in [-0.15, -0.1) is 0 Å². The van der Waals surface area contributed by atoms with Crippen LogP contribution >= 0.6 is 0 Å². The van der Waals surface area contributed by atoms with Crippen molar-refractivity contribution in [3.63, 3.8) is 0 Å². The maximum absolute atomic E-state index is 6.52. The first-order valence-electron chi connectivity index (χ1n) is 46.0. The van der Waals surface area contributed by atoms with Crippen LogP contribution in [0.1, 0.15) is 0 Å². The van der Waals surface area contributed by atoms with Crippen LogP contribution in [0.4, 0.5) is 57.3 Å². The molecule has 134 heavy (non-hydrogen) atoms. The molecule has 0 spiro atoms. The molecular weight excluding hydrogens is 1640 g/mol. The van der Waals surface area contributed by atoms with Crippen LogP contribution in [0.25, 0.3) is 176 Å². The number of nitrogens with zero attached hydrogens (tertiary/aromatic N) is 10. The molecule has 20 heteroatoms. The van der Waals surface area contributed by atoms with Gasteiger partial charge in [-0.25, -0.2) is 0 Å². The fraction of sp³-hybridized carbons (Fsp3) is 0. The Balaban J connectivity index is 0.0000000770.